The van der Waals surface area contributed by atoms with Gasteiger partial charge in [0.05, 0.1) is 21.2 Å². The molecule has 9 heteroatoms. The highest BCUT2D eigenvalue weighted by Crippen LogP contribution is 2.27. The molecule has 0 aliphatic carbocycles. The fraction of sp³-hybridized carbons (Fsp3) is 0.182. The van der Waals surface area contributed by atoms with Gasteiger partial charge in [-0.2, -0.15) is 0 Å². The van der Waals surface area contributed by atoms with E-state index in [1.165, 1.54) is 19.1 Å². The number of hydrogen-bond donors (Lipinski definition) is 1. The van der Waals surface area contributed by atoms with Crippen molar-refractivity contribution in [3.63, 3.8) is 0 Å². The van der Waals surface area contributed by atoms with Crippen LogP contribution in [0.4, 0.5) is 11.4 Å². The predicted octanol–water partition coefficient (Wildman–Crippen LogP) is 4.84. The lowest BCUT2D eigenvalue weighted by Crippen LogP contribution is -2.30. The van der Waals surface area contributed by atoms with Crippen LogP contribution < -0.4 is 5.32 Å². The Labute approximate surface area is 183 Å². The Kier molecular flexibility index (Phi) is 6.41. The third kappa shape index (κ3) is 4.75. The van der Waals surface area contributed by atoms with Crippen LogP contribution in [-0.4, -0.2) is 27.5 Å². The number of aromatic nitrogens is 1. The van der Waals surface area contributed by atoms with E-state index in [4.69, 9.17) is 16.3 Å². The molecule has 1 atom stereocenters. The normalized spacial score (nSPS) is 11.6. The van der Waals surface area contributed by atoms with Crippen molar-refractivity contribution in [2.75, 3.05) is 5.32 Å². The lowest BCUT2D eigenvalue weighted by Gasteiger charge is -2.14. The van der Waals surface area contributed by atoms with Crippen molar-refractivity contribution in [2.45, 2.75) is 26.9 Å². The average Bonchev–Trinajstić information content (AvgIpc) is 3.03. The number of esters is 1. The van der Waals surface area contributed by atoms with Crippen LogP contribution in [0.3, 0.4) is 0 Å². The first-order chi connectivity index (χ1) is 14.7. The van der Waals surface area contributed by atoms with E-state index >= 15 is 0 Å². The van der Waals surface area contributed by atoms with E-state index in [2.05, 4.69) is 5.32 Å². The van der Waals surface area contributed by atoms with Crippen LogP contribution in [0.25, 0.3) is 5.69 Å². The van der Waals surface area contributed by atoms with Gasteiger partial charge in [0.2, 0.25) is 0 Å². The summed E-state index contributed by atoms with van der Waals surface area (Å²) in [4.78, 5) is 35.3. The number of anilines is 1. The average molecular weight is 442 g/mol. The second-order valence-electron chi connectivity index (χ2n) is 6.91. The Hall–Kier alpha value is -3.65. The first kappa shape index (κ1) is 22.0. The second kappa shape index (κ2) is 9.01. The smallest absolute Gasteiger partial charge is 0.340 e. The number of aryl methyl sites for hydroxylation is 1. The lowest BCUT2D eigenvalue weighted by molar-refractivity contribution is -0.384. The predicted molar refractivity (Wildman–Crippen MR) is 117 cm³/mol. The quantitative estimate of drug-likeness (QED) is 0.335. The van der Waals surface area contributed by atoms with E-state index in [-0.39, 0.29) is 16.4 Å². The molecule has 0 radical (unpaired) electrons. The third-order valence-corrected chi connectivity index (χ3v) is 5.05. The molecule has 0 spiro atoms. The highest BCUT2D eigenvalue weighted by atomic mass is 35.5. The number of amides is 1. The molecular formula is C22H20ClN3O5. The van der Waals surface area contributed by atoms with Crippen LogP contribution in [0.2, 0.25) is 5.02 Å². The summed E-state index contributed by atoms with van der Waals surface area (Å²) in [5.41, 5.74) is 2.80. The molecule has 2 aromatic carbocycles. The fourth-order valence-electron chi connectivity index (χ4n) is 3.17. The first-order valence-corrected chi connectivity index (χ1v) is 9.77. The lowest BCUT2D eigenvalue weighted by atomic mass is 10.2. The molecule has 0 fully saturated rings. The van der Waals surface area contributed by atoms with Crippen LogP contribution in [-0.2, 0) is 9.53 Å². The van der Waals surface area contributed by atoms with E-state index in [0.29, 0.717) is 11.3 Å². The van der Waals surface area contributed by atoms with E-state index < -0.39 is 22.9 Å². The Morgan fingerprint density at radius 2 is 1.81 bits per heavy atom. The molecule has 1 aromatic heterocycles. The molecule has 0 saturated heterocycles. The zero-order chi connectivity index (χ0) is 22.7. The van der Waals surface area contributed by atoms with Gasteiger partial charge in [0.1, 0.15) is 0 Å². The molecule has 31 heavy (non-hydrogen) atoms. The van der Waals surface area contributed by atoms with Crippen LogP contribution >= 0.6 is 11.6 Å². The summed E-state index contributed by atoms with van der Waals surface area (Å²) >= 11 is 5.99. The molecule has 0 aliphatic heterocycles. The third-order valence-electron chi connectivity index (χ3n) is 4.74. The number of ether oxygens (including phenoxy) is 1. The van der Waals surface area contributed by atoms with Gasteiger partial charge in [-0.1, -0.05) is 29.8 Å². The molecule has 1 unspecified atom stereocenters. The van der Waals surface area contributed by atoms with Crippen molar-refractivity contribution in [3.05, 3.63) is 86.7 Å². The Bertz CT molecular complexity index is 1160. The maximum absolute atomic E-state index is 12.7. The summed E-state index contributed by atoms with van der Waals surface area (Å²) in [5.74, 6) is -1.24. The molecule has 0 bridgehead atoms. The van der Waals surface area contributed by atoms with Gasteiger partial charge < -0.3 is 14.6 Å². The minimum Gasteiger partial charge on any atom is -0.449 e. The number of nitrogens with zero attached hydrogens (tertiary/aromatic N) is 2. The number of carbonyl (C=O) groups is 2. The Balaban J connectivity index is 1.72. The molecule has 1 amide bonds. The molecule has 160 valence electrons. The topological polar surface area (TPSA) is 103 Å². The van der Waals surface area contributed by atoms with Crippen LogP contribution in [0, 0.1) is 24.0 Å². The maximum atomic E-state index is 12.7. The number of halogens is 1. The van der Waals surface area contributed by atoms with Gasteiger partial charge >= 0.3 is 5.97 Å². The molecule has 1 N–H and O–H groups in total. The van der Waals surface area contributed by atoms with Crippen LogP contribution in [0.5, 0.6) is 0 Å². The molecule has 3 rings (SSSR count). The molecule has 0 aliphatic rings. The minimum absolute atomic E-state index is 0.00693. The maximum Gasteiger partial charge on any atom is 0.340 e. The van der Waals surface area contributed by atoms with Crippen molar-refractivity contribution in [1.82, 2.24) is 4.57 Å². The molecular weight excluding hydrogens is 422 g/mol. The van der Waals surface area contributed by atoms with Gasteiger partial charge in [-0.05, 0) is 45.0 Å². The van der Waals surface area contributed by atoms with Crippen LogP contribution in [0.15, 0.2) is 54.6 Å². The number of para-hydroxylation sites is 1. The van der Waals surface area contributed by atoms with Gasteiger partial charge in [0.15, 0.2) is 6.10 Å². The van der Waals surface area contributed by atoms with Gasteiger partial charge in [0, 0.05) is 29.2 Å². The summed E-state index contributed by atoms with van der Waals surface area (Å²) < 4.78 is 7.27. The van der Waals surface area contributed by atoms with Crippen molar-refractivity contribution >= 4 is 34.9 Å². The zero-order valence-electron chi connectivity index (χ0n) is 17.1. The molecule has 8 nitrogen and oxygen atoms in total. The molecule has 1 heterocycles. The molecule has 0 saturated carbocycles. The number of nitrogens with one attached hydrogen (secondary N) is 1. The largest absolute Gasteiger partial charge is 0.449 e. The zero-order valence-corrected chi connectivity index (χ0v) is 17.8. The molecule has 3 aromatic rings. The monoisotopic (exact) mass is 441 g/mol. The number of rotatable bonds is 6. The number of hydrogen-bond acceptors (Lipinski definition) is 5. The van der Waals surface area contributed by atoms with Gasteiger partial charge in [-0.25, -0.2) is 4.79 Å². The number of nitro groups is 1. The SMILES string of the molecule is Cc1cc(C(=O)OC(C)C(=O)Nc2ccc([N+](=O)[O-])cc2Cl)c(C)n1-c1ccccc1. The highest BCUT2D eigenvalue weighted by Gasteiger charge is 2.24. The standard InChI is InChI=1S/C22H20ClN3O5/c1-13-11-18(14(2)25(13)16-7-5-4-6-8-16)22(28)31-15(3)21(27)24-20-10-9-17(26(29)30)12-19(20)23/h4-12,15H,1-3H3,(H,24,27). The van der Waals surface area contributed by atoms with Crippen molar-refractivity contribution in [2.24, 2.45) is 0 Å². The van der Waals surface area contributed by atoms with Crippen LogP contribution in [0.1, 0.15) is 28.7 Å². The van der Waals surface area contributed by atoms with E-state index in [0.717, 1.165) is 17.4 Å². The summed E-state index contributed by atoms with van der Waals surface area (Å²) in [6.45, 7) is 5.12. The fourth-order valence-corrected chi connectivity index (χ4v) is 3.40. The van der Waals surface area contributed by atoms with E-state index in [1.54, 1.807) is 13.0 Å². The minimum atomic E-state index is -1.11. The Morgan fingerprint density at radius 1 is 1.13 bits per heavy atom. The second-order valence-corrected chi connectivity index (χ2v) is 7.32. The highest BCUT2D eigenvalue weighted by molar-refractivity contribution is 6.34. The summed E-state index contributed by atoms with van der Waals surface area (Å²) in [6.07, 6.45) is -1.11. The number of nitro benzene ring substituents is 1. The van der Waals surface area contributed by atoms with Gasteiger partial charge in [-0.3, -0.25) is 14.9 Å². The van der Waals surface area contributed by atoms with Gasteiger partial charge in [0.25, 0.3) is 11.6 Å². The number of benzene rings is 2. The van der Waals surface area contributed by atoms with E-state index in [9.17, 15) is 19.7 Å². The summed E-state index contributed by atoms with van der Waals surface area (Å²) in [5, 5.41) is 13.3. The van der Waals surface area contributed by atoms with E-state index in [1.807, 2.05) is 41.8 Å². The number of non-ortho nitro benzene ring substituents is 1. The Morgan fingerprint density at radius 3 is 2.42 bits per heavy atom. The first-order valence-electron chi connectivity index (χ1n) is 9.39. The summed E-state index contributed by atoms with van der Waals surface area (Å²) in [6, 6.07) is 15.0. The van der Waals surface area contributed by atoms with Crippen molar-refractivity contribution in [3.8, 4) is 5.69 Å². The summed E-state index contributed by atoms with van der Waals surface area (Å²) in [7, 11) is 0. The van der Waals surface area contributed by atoms with Crippen molar-refractivity contribution in [1.29, 1.82) is 0 Å². The van der Waals surface area contributed by atoms with Crippen molar-refractivity contribution < 1.29 is 19.2 Å². The van der Waals surface area contributed by atoms with Gasteiger partial charge in [-0.15, -0.1) is 0 Å². The number of carbonyl (C=O) groups excluding carboxylic acids is 2.